The fourth-order valence-electron chi connectivity index (χ4n) is 3.76. The van der Waals surface area contributed by atoms with Gasteiger partial charge in [0, 0.05) is 18.2 Å². The number of aromatic amines is 1. The van der Waals surface area contributed by atoms with Gasteiger partial charge in [-0.2, -0.15) is 5.10 Å². The van der Waals surface area contributed by atoms with Crippen LogP contribution in [0.3, 0.4) is 0 Å². The molecule has 0 spiro atoms. The number of amides is 1. The highest BCUT2D eigenvalue weighted by atomic mass is 32.2. The molecule has 28 heavy (non-hydrogen) atoms. The van der Waals surface area contributed by atoms with Crippen molar-refractivity contribution in [2.75, 3.05) is 31.5 Å². The molecule has 2 aliphatic rings. The molecule has 0 bridgehead atoms. The van der Waals surface area contributed by atoms with Gasteiger partial charge in [-0.15, -0.1) is 0 Å². The molecule has 1 fully saturated rings. The fourth-order valence-corrected chi connectivity index (χ4v) is 4.79. The number of hydrogen-bond donors (Lipinski definition) is 3. The molecule has 0 atom stereocenters. The highest BCUT2D eigenvalue weighted by Gasteiger charge is 2.34. The number of nitrogens with one attached hydrogen (secondary N) is 3. The first-order valence-corrected chi connectivity index (χ1v) is 10.7. The van der Waals surface area contributed by atoms with Crippen LogP contribution in [0.15, 0.2) is 29.2 Å². The van der Waals surface area contributed by atoms with Gasteiger partial charge in [-0.1, -0.05) is 0 Å². The van der Waals surface area contributed by atoms with Gasteiger partial charge in [0.1, 0.15) is 11.4 Å². The van der Waals surface area contributed by atoms with Crippen LogP contribution in [0.25, 0.3) is 0 Å². The number of piperidine rings is 1. The Labute approximate surface area is 163 Å². The molecular weight excluding hydrogens is 382 g/mol. The smallest absolute Gasteiger partial charge is 0.272 e. The topological polar surface area (TPSA) is 116 Å². The number of benzene rings is 1. The van der Waals surface area contributed by atoms with Crippen molar-refractivity contribution >= 4 is 21.7 Å². The van der Waals surface area contributed by atoms with Gasteiger partial charge in [0.25, 0.3) is 15.9 Å². The number of nitrogens with zero attached hydrogens (tertiary/aromatic N) is 2. The average Bonchev–Trinajstić information content (AvgIpc) is 3.12. The van der Waals surface area contributed by atoms with Crippen LogP contribution >= 0.6 is 0 Å². The maximum Gasteiger partial charge on any atom is 0.272 e. The van der Waals surface area contributed by atoms with Gasteiger partial charge in [-0.25, -0.2) is 8.42 Å². The van der Waals surface area contributed by atoms with Crippen molar-refractivity contribution < 1.29 is 17.9 Å². The first-order chi connectivity index (χ1) is 13.5. The number of H-pyrrole nitrogens is 1. The third kappa shape index (κ3) is 3.45. The van der Waals surface area contributed by atoms with Crippen molar-refractivity contribution in [1.82, 2.24) is 20.4 Å². The fraction of sp³-hybridized carbons (Fsp3) is 0.444. The number of anilines is 1. The molecule has 150 valence electrons. The Bertz CT molecular complexity index is 964. The zero-order valence-corrected chi connectivity index (χ0v) is 16.4. The number of methoxy groups -OCH3 is 1. The summed E-state index contributed by atoms with van der Waals surface area (Å²) in [6.07, 6.45) is 2.40. The van der Waals surface area contributed by atoms with Gasteiger partial charge in [0.2, 0.25) is 0 Å². The van der Waals surface area contributed by atoms with Gasteiger partial charge in [0.15, 0.2) is 5.82 Å². The van der Waals surface area contributed by atoms with Crippen LogP contribution < -0.4 is 14.8 Å². The summed E-state index contributed by atoms with van der Waals surface area (Å²) in [5, 5.41) is 10.1. The third-order valence-corrected chi connectivity index (χ3v) is 6.65. The molecular formula is C18H23N5O4S. The molecule has 0 saturated carbocycles. The van der Waals surface area contributed by atoms with Crippen molar-refractivity contribution in [3.8, 4) is 5.75 Å². The lowest BCUT2D eigenvalue weighted by Gasteiger charge is -2.36. The Morgan fingerprint density at radius 1 is 1.21 bits per heavy atom. The summed E-state index contributed by atoms with van der Waals surface area (Å²) < 4.78 is 32.9. The van der Waals surface area contributed by atoms with E-state index in [-0.39, 0.29) is 22.7 Å². The predicted octanol–water partition coefficient (Wildman–Crippen LogP) is 0.969. The molecule has 10 heteroatoms. The van der Waals surface area contributed by atoms with E-state index in [1.807, 2.05) is 4.90 Å². The van der Waals surface area contributed by atoms with Gasteiger partial charge in [-0.05, 0) is 56.6 Å². The van der Waals surface area contributed by atoms with Crippen molar-refractivity contribution in [3.05, 3.63) is 35.5 Å². The van der Waals surface area contributed by atoms with Crippen molar-refractivity contribution in [2.24, 2.45) is 0 Å². The SMILES string of the molecule is COc1ccc(S(=O)(=O)Nc2n[nH]c3c2CCN(C2CCNCC2)C3=O)cc1. The minimum absolute atomic E-state index is 0.100. The van der Waals surface area contributed by atoms with E-state index in [1.165, 1.54) is 19.2 Å². The van der Waals surface area contributed by atoms with Crippen LogP contribution in [0.5, 0.6) is 5.75 Å². The minimum Gasteiger partial charge on any atom is -0.497 e. The van der Waals surface area contributed by atoms with E-state index in [0.29, 0.717) is 30.0 Å². The molecule has 3 N–H and O–H groups in total. The number of aromatic nitrogens is 2. The van der Waals surface area contributed by atoms with E-state index in [9.17, 15) is 13.2 Å². The van der Waals surface area contributed by atoms with Gasteiger partial charge < -0.3 is 15.0 Å². The van der Waals surface area contributed by atoms with Crippen LogP contribution in [0.2, 0.25) is 0 Å². The Morgan fingerprint density at radius 3 is 2.61 bits per heavy atom. The van der Waals surface area contributed by atoms with E-state index in [2.05, 4.69) is 20.2 Å². The summed E-state index contributed by atoms with van der Waals surface area (Å²) in [5.74, 6) is 0.638. The van der Waals surface area contributed by atoms with E-state index >= 15 is 0 Å². The number of hydrogen-bond acceptors (Lipinski definition) is 6. The first kappa shape index (κ1) is 18.8. The van der Waals surface area contributed by atoms with Gasteiger partial charge in [-0.3, -0.25) is 14.6 Å². The van der Waals surface area contributed by atoms with Crippen molar-refractivity contribution in [3.63, 3.8) is 0 Å². The molecule has 0 aliphatic carbocycles. The van der Waals surface area contributed by atoms with Gasteiger partial charge >= 0.3 is 0 Å². The molecule has 1 saturated heterocycles. The van der Waals surface area contributed by atoms with Crippen LogP contribution in [0, 0.1) is 0 Å². The molecule has 2 aliphatic heterocycles. The lowest BCUT2D eigenvalue weighted by molar-refractivity contribution is 0.0617. The lowest BCUT2D eigenvalue weighted by Crippen LogP contribution is -2.49. The number of ether oxygens (including phenoxy) is 1. The molecule has 0 unspecified atom stereocenters. The Hall–Kier alpha value is -2.59. The Balaban J connectivity index is 1.54. The molecule has 9 nitrogen and oxygen atoms in total. The quantitative estimate of drug-likeness (QED) is 0.683. The molecule has 3 heterocycles. The third-order valence-electron chi connectivity index (χ3n) is 5.29. The molecule has 0 radical (unpaired) electrons. The second kappa shape index (κ2) is 7.44. The van der Waals surface area contributed by atoms with E-state index in [1.54, 1.807) is 12.1 Å². The van der Waals surface area contributed by atoms with E-state index in [0.717, 1.165) is 25.9 Å². The summed E-state index contributed by atoms with van der Waals surface area (Å²) in [5.41, 5.74) is 0.990. The molecule has 2 aromatic rings. The number of carbonyl (C=O) groups excluding carboxylic acids is 1. The lowest BCUT2D eigenvalue weighted by atomic mass is 9.99. The van der Waals surface area contributed by atoms with Crippen LogP contribution in [0.1, 0.15) is 28.9 Å². The number of sulfonamides is 1. The summed E-state index contributed by atoms with van der Waals surface area (Å²) in [4.78, 5) is 14.9. The molecule has 1 aromatic carbocycles. The van der Waals surface area contributed by atoms with Crippen LogP contribution in [-0.4, -0.2) is 62.2 Å². The standard InChI is InChI=1S/C18H23N5O4S/c1-27-13-2-4-14(5-3-13)28(25,26)22-17-15-8-11-23(12-6-9-19-10-7-12)18(24)16(15)20-21-17/h2-5,12,19H,6-11H2,1H3,(H2,20,21,22). The van der Waals surface area contributed by atoms with Crippen LogP contribution in [-0.2, 0) is 16.4 Å². The highest BCUT2D eigenvalue weighted by molar-refractivity contribution is 7.92. The molecule has 1 aromatic heterocycles. The summed E-state index contributed by atoms with van der Waals surface area (Å²) in [7, 11) is -2.30. The largest absolute Gasteiger partial charge is 0.497 e. The molecule has 4 rings (SSSR count). The number of fused-ring (bicyclic) bond motifs is 1. The minimum atomic E-state index is -3.81. The maximum absolute atomic E-state index is 12.9. The van der Waals surface area contributed by atoms with E-state index in [4.69, 9.17) is 4.74 Å². The van der Waals surface area contributed by atoms with E-state index < -0.39 is 10.0 Å². The Morgan fingerprint density at radius 2 is 1.93 bits per heavy atom. The Kier molecular flexibility index (Phi) is 4.98. The van der Waals surface area contributed by atoms with Gasteiger partial charge in [0.05, 0.1) is 12.0 Å². The normalized spacial score (nSPS) is 18.0. The van der Waals surface area contributed by atoms with Crippen molar-refractivity contribution in [1.29, 1.82) is 0 Å². The molecule has 1 amide bonds. The zero-order chi connectivity index (χ0) is 19.7. The van der Waals surface area contributed by atoms with Crippen LogP contribution in [0.4, 0.5) is 5.82 Å². The first-order valence-electron chi connectivity index (χ1n) is 9.25. The zero-order valence-electron chi connectivity index (χ0n) is 15.6. The second-order valence-corrected chi connectivity index (χ2v) is 8.62. The number of rotatable bonds is 5. The van der Waals surface area contributed by atoms with Crippen molar-refractivity contribution in [2.45, 2.75) is 30.2 Å². The second-order valence-electron chi connectivity index (χ2n) is 6.94. The number of carbonyl (C=O) groups is 1. The summed E-state index contributed by atoms with van der Waals surface area (Å²) in [6.45, 7) is 2.36. The highest BCUT2D eigenvalue weighted by Crippen LogP contribution is 2.28. The summed E-state index contributed by atoms with van der Waals surface area (Å²) in [6, 6.07) is 6.29. The monoisotopic (exact) mass is 405 g/mol. The predicted molar refractivity (Wildman–Crippen MR) is 103 cm³/mol. The maximum atomic E-state index is 12.9. The summed E-state index contributed by atoms with van der Waals surface area (Å²) >= 11 is 0. The average molecular weight is 405 g/mol.